The van der Waals surface area contributed by atoms with Crippen LogP contribution in [0, 0.1) is 5.92 Å². The summed E-state index contributed by atoms with van der Waals surface area (Å²) in [5.41, 5.74) is -0.419. The van der Waals surface area contributed by atoms with Crippen LogP contribution in [0.1, 0.15) is 43.7 Å². The fraction of sp³-hybridized carbons (Fsp3) is 0.500. The smallest absolute Gasteiger partial charge is 0.325 e. The quantitative estimate of drug-likeness (QED) is 0.811. The van der Waals surface area contributed by atoms with Crippen molar-refractivity contribution in [3.05, 3.63) is 35.4 Å². The number of aliphatic carboxylic acids is 2. The van der Waals surface area contributed by atoms with Crippen molar-refractivity contribution < 1.29 is 19.8 Å². The largest absolute Gasteiger partial charge is 0.480 e. The van der Waals surface area contributed by atoms with Crippen molar-refractivity contribution >= 4 is 11.9 Å². The molecule has 0 amide bonds. The molecule has 1 fully saturated rings. The van der Waals surface area contributed by atoms with Crippen LogP contribution in [-0.2, 0) is 21.4 Å². The number of benzene rings is 1. The first-order chi connectivity index (χ1) is 9.44. The van der Waals surface area contributed by atoms with E-state index in [0.717, 1.165) is 12.0 Å². The first kappa shape index (κ1) is 14.6. The maximum absolute atomic E-state index is 11.2. The van der Waals surface area contributed by atoms with Gasteiger partial charge in [-0.2, -0.15) is 0 Å². The third-order valence-electron chi connectivity index (χ3n) is 4.39. The summed E-state index contributed by atoms with van der Waals surface area (Å²) in [7, 11) is 0. The van der Waals surface area contributed by atoms with Gasteiger partial charge in [-0.05, 0) is 30.4 Å². The highest BCUT2D eigenvalue weighted by molar-refractivity contribution is 6.04. The molecule has 1 aromatic rings. The minimum atomic E-state index is -1.88. The van der Waals surface area contributed by atoms with Gasteiger partial charge in [0.05, 0.1) is 0 Å². The summed E-state index contributed by atoms with van der Waals surface area (Å²) in [6, 6.07) is 6.98. The molecule has 0 saturated heterocycles. The highest BCUT2D eigenvalue weighted by Crippen LogP contribution is 2.29. The van der Waals surface area contributed by atoms with Gasteiger partial charge < -0.3 is 10.2 Å². The Kier molecular flexibility index (Phi) is 4.12. The summed E-state index contributed by atoms with van der Waals surface area (Å²) in [6.07, 6.45) is 6.09. The number of hydrogen-bond acceptors (Lipinski definition) is 2. The minimum absolute atomic E-state index is 0.313. The van der Waals surface area contributed by atoms with E-state index in [2.05, 4.69) is 0 Å². The molecule has 4 nitrogen and oxygen atoms in total. The molecular weight excluding hydrogens is 256 g/mol. The highest BCUT2D eigenvalue weighted by atomic mass is 16.4. The van der Waals surface area contributed by atoms with Crippen LogP contribution in [0.3, 0.4) is 0 Å². The molecule has 0 aliphatic heterocycles. The summed E-state index contributed by atoms with van der Waals surface area (Å²) in [5, 5.41) is 18.3. The van der Waals surface area contributed by atoms with Crippen LogP contribution >= 0.6 is 0 Å². The molecule has 0 radical (unpaired) electrons. The van der Waals surface area contributed by atoms with Gasteiger partial charge in [0.15, 0.2) is 5.41 Å². The van der Waals surface area contributed by atoms with Gasteiger partial charge in [-0.1, -0.05) is 49.9 Å². The Morgan fingerprint density at radius 3 is 2.05 bits per heavy atom. The van der Waals surface area contributed by atoms with Gasteiger partial charge in [-0.15, -0.1) is 0 Å². The molecule has 1 saturated carbocycles. The van der Waals surface area contributed by atoms with Gasteiger partial charge in [0.25, 0.3) is 0 Å². The zero-order valence-corrected chi connectivity index (χ0v) is 11.6. The Balaban J connectivity index is 2.18. The third kappa shape index (κ3) is 2.69. The molecule has 0 atom stereocenters. The number of carbonyl (C=O) groups is 2. The minimum Gasteiger partial charge on any atom is -0.480 e. The Morgan fingerprint density at radius 1 is 1.10 bits per heavy atom. The third-order valence-corrected chi connectivity index (χ3v) is 4.39. The zero-order chi connectivity index (χ0) is 14.8. The van der Waals surface area contributed by atoms with E-state index in [9.17, 15) is 19.8 Å². The van der Waals surface area contributed by atoms with E-state index in [1.807, 2.05) is 12.1 Å². The molecular formula is C16H20O4. The molecule has 0 spiro atoms. The molecule has 1 aliphatic carbocycles. The molecule has 4 heteroatoms. The Hall–Kier alpha value is -1.84. The predicted octanol–water partition coefficient (Wildman–Crippen LogP) is 2.85. The van der Waals surface area contributed by atoms with Crippen molar-refractivity contribution in [1.82, 2.24) is 0 Å². The SMILES string of the molecule is CC(C(=O)O)(C(=O)O)c1ccc(CC2CCCC2)cc1. The molecule has 108 valence electrons. The number of hydrogen-bond donors (Lipinski definition) is 2. The fourth-order valence-electron chi connectivity index (χ4n) is 2.86. The lowest BCUT2D eigenvalue weighted by molar-refractivity contribution is -0.156. The van der Waals surface area contributed by atoms with E-state index < -0.39 is 17.4 Å². The van der Waals surface area contributed by atoms with Crippen LogP contribution in [0.2, 0.25) is 0 Å². The van der Waals surface area contributed by atoms with Crippen LogP contribution < -0.4 is 0 Å². The van der Waals surface area contributed by atoms with E-state index in [0.29, 0.717) is 11.5 Å². The number of carboxylic acid groups (broad SMARTS) is 2. The summed E-state index contributed by atoms with van der Waals surface area (Å²) in [5.74, 6) is -1.96. The average Bonchev–Trinajstić information content (AvgIpc) is 2.91. The van der Waals surface area contributed by atoms with E-state index in [-0.39, 0.29) is 0 Å². The fourth-order valence-corrected chi connectivity index (χ4v) is 2.86. The van der Waals surface area contributed by atoms with Gasteiger partial charge in [0.2, 0.25) is 0 Å². The topological polar surface area (TPSA) is 74.6 Å². The maximum Gasteiger partial charge on any atom is 0.325 e. The molecule has 0 aromatic heterocycles. The normalized spacial score (nSPS) is 16.2. The van der Waals surface area contributed by atoms with Crippen LogP contribution in [-0.4, -0.2) is 22.2 Å². The summed E-state index contributed by atoms with van der Waals surface area (Å²) in [6.45, 7) is 1.23. The Bertz CT molecular complexity index is 484. The van der Waals surface area contributed by atoms with Crippen molar-refractivity contribution in [2.24, 2.45) is 5.92 Å². The van der Waals surface area contributed by atoms with Gasteiger partial charge in [0.1, 0.15) is 0 Å². The average molecular weight is 276 g/mol. The van der Waals surface area contributed by atoms with Gasteiger partial charge >= 0.3 is 11.9 Å². The van der Waals surface area contributed by atoms with E-state index >= 15 is 0 Å². The molecule has 20 heavy (non-hydrogen) atoms. The standard InChI is InChI=1S/C16H20O4/c1-16(14(17)18,15(19)20)13-8-6-12(7-9-13)10-11-4-2-3-5-11/h6-9,11H,2-5,10H2,1H3,(H,17,18)(H,19,20). The van der Waals surface area contributed by atoms with E-state index in [1.165, 1.54) is 32.6 Å². The second-order valence-corrected chi connectivity index (χ2v) is 5.79. The van der Waals surface area contributed by atoms with Crippen molar-refractivity contribution in [2.75, 3.05) is 0 Å². The summed E-state index contributed by atoms with van der Waals surface area (Å²) < 4.78 is 0. The van der Waals surface area contributed by atoms with Gasteiger partial charge in [-0.3, -0.25) is 9.59 Å². The van der Waals surface area contributed by atoms with Crippen molar-refractivity contribution in [3.63, 3.8) is 0 Å². The molecule has 0 unspecified atom stereocenters. The van der Waals surface area contributed by atoms with Crippen molar-refractivity contribution in [1.29, 1.82) is 0 Å². The number of carboxylic acids is 2. The lowest BCUT2D eigenvalue weighted by Gasteiger charge is -2.20. The molecule has 0 bridgehead atoms. The Morgan fingerprint density at radius 2 is 1.60 bits per heavy atom. The van der Waals surface area contributed by atoms with Crippen LogP contribution in [0.15, 0.2) is 24.3 Å². The second-order valence-electron chi connectivity index (χ2n) is 5.79. The van der Waals surface area contributed by atoms with E-state index in [4.69, 9.17) is 0 Å². The van der Waals surface area contributed by atoms with Crippen LogP contribution in [0.25, 0.3) is 0 Å². The molecule has 2 rings (SSSR count). The number of rotatable bonds is 5. The first-order valence-electron chi connectivity index (χ1n) is 7.01. The van der Waals surface area contributed by atoms with Crippen LogP contribution in [0.5, 0.6) is 0 Å². The molecule has 2 N–H and O–H groups in total. The second kappa shape index (κ2) is 5.65. The lowest BCUT2D eigenvalue weighted by atomic mass is 9.82. The zero-order valence-electron chi connectivity index (χ0n) is 11.6. The van der Waals surface area contributed by atoms with E-state index in [1.54, 1.807) is 12.1 Å². The molecule has 0 heterocycles. The van der Waals surface area contributed by atoms with Crippen molar-refractivity contribution in [3.8, 4) is 0 Å². The molecule has 1 aliphatic rings. The van der Waals surface area contributed by atoms with Gasteiger partial charge in [0, 0.05) is 0 Å². The molecule has 1 aromatic carbocycles. The predicted molar refractivity (Wildman–Crippen MR) is 74.7 cm³/mol. The summed E-state index contributed by atoms with van der Waals surface area (Å²) in [4.78, 5) is 22.5. The van der Waals surface area contributed by atoms with Crippen molar-refractivity contribution in [2.45, 2.75) is 44.4 Å². The van der Waals surface area contributed by atoms with Crippen LogP contribution in [0.4, 0.5) is 0 Å². The van der Waals surface area contributed by atoms with Gasteiger partial charge in [-0.25, -0.2) is 0 Å². The lowest BCUT2D eigenvalue weighted by Crippen LogP contribution is -2.40. The monoisotopic (exact) mass is 276 g/mol. The maximum atomic E-state index is 11.2. The first-order valence-corrected chi connectivity index (χ1v) is 7.01. The summed E-state index contributed by atoms with van der Waals surface area (Å²) >= 11 is 0. The Labute approximate surface area is 118 Å². The highest BCUT2D eigenvalue weighted by Gasteiger charge is 2.43.